The van der Waals surface area contributed by atoms with Gasteiger partial charge >= 0.3 is 0 Å². The number of nitrogens with one attached hydrogen (secondary N) is 3. The number of sulfonamides is 1. The van der Waals surface area contributed by atoms with Crippen LogP contribution in [-0.2, 0) is 14.8 Å². The number of amides is 2. The molecule has 1 unspecified atom stereocenters. The van der Waals surface area contributed by atoms with Crippen LogP contribution in [0.3, 0.4) is 0 Å². The first-order chi connectivity index (χ1) is 18.2. The first-order valence-corrected chi connectivity index (χ1v) is 14.7. The third-order valence-electron chi connectivity index (χ3n) is 7.61. The van der Waals surface area contributed by atoms with E-state index in [1.54, 1.807) is 30.3 Å². The number of piperidine rings is 1. The Morgan fingerprint density at radius 3 is 2.26 bits per heavy atom. The Kier molecular flexibility index (Phi) is 7.52. The number of nitrogens with zero attached hydrogens (tertiary/aromatic N) is 1. The van der Waals surface area contributed by atoms with Crippen molar-refractivity contribution < 1.29 is 18.0 Å². The molecule has 200 valence electrons. The average molecular weight is 535 g/mol. The molecule has 38 heavy (non-hydrogen) atoms. The van der Waals surface area contributed by atoms with Gasteiger partial charge in [0.1, 0.15) is 0 Å². The molecule has 3 aromatic carbocycles. The molecule has 2 heterocycles. The fourth-order valence-corrected chi connectivity index (χ4v) is 6.99. The summed E-state index contributed by atoms with van der Waals surface area (Å²) in [6.07, 6.45) is 2.97. The summed E-state index contributed by atoms with van der Waals surface area (Å²) in [7, 11) is -3.83. The predicted molar refractivity (Wildman–Crippen MR) is 149 cm³/mol. The van der Waals surface area contributed by atoms with Crippen LogP contribution in [0.25, 0.3) is 10.8 Å². The van der Waals surface area contributed by atoms with Crippen molar-refractivity contribution in [3.05, 3.63) is 71.8 Å². The van der Waals surface area contributed by atoms with Crippen LogP contribution >= 0.6 is 0 Å². The van der Waals surface area contributed by atoms with Gasteiger partial charge < -0.3 is 15.5 Å². The standard InChI is InChI=1S/C29H34N4O4S/c1-19-7-3-4-8-22(19)28(34)31-25-13-14-27(24-10-6-5-9-23(24)25)38(36,37)32-21-15-17-33(18-16-21)29(35)26-12-11-20(2)30-26/h3-10,13-14,20-21,26,30,32H,11-12,15-18H2,1-2H3,(H,31,34)/t20?,26-/m0/s1. The van der Waals surface area contributed by atoms with E-state index in [0.29, 0.717) is 54.0 Å². The molecule has 0 aromatic heterocycles. The summed E-state index contributed by atoms with van der Waals surface area (Å²) in [5, 5.41) is 7.47. The minimum absolute atomic E-state index is 0.116. The maximum Gasteiger partial charge on any atom is 0.255 e. The molecule has 2 atom stereocenters. The van der Waals surface area contributed by atoms with Gasteiger partial charge in [-0.05, 0) is 63.3 Å². The Balaban J connectivity index is 1.30. The number of rotatable bonds is 6. The van der Waals surface area contributed by atoms with Crippen molar-refractivity contribution in [2.45, 2.75) is 62.6 Å². The molecular formula is C29H34N4O4S. The number of likely N-dealkylation sites (tertiary alicyclic amines) is 1. The van der Waals surface area contributed by atoms with Crippen molar-refractivity contribution in [3.63, 3.8) is 0 Å². The predicted octanol–water partition coefficient (Wildman–Crippen LogP) is 3.81. The van der Waals surface area contributed by atoms with Crippen LogP contribution in [0.4, 0.5) is 5.69 Å². The highest BCUT2D eigenvalue weighted by molar-refractivity contribution is 7.89. The third kappa shape index (κ3) is 5.45. The first kappa shape index (κ1) is 26.3. The van der Waals surface area contributed by atoms with Gasteiger partial charge in [0.05, 0.1) is 10.9 Å². The second-order valence-corrected chi connectivity index (χ2v) is 12.0. The molecule has 0 radical (unpaired) electrons. The maximum atomic E-state index is 13.5. The zero-order valence-corrected chi connectivity index (χ0v) is 22.6. The molecule has 8 nitrogen and oxygen atoms in total. The summed E-state index contributed by atoms with van der Waals surface area (Å²) < 4.78 is 29.8. The minimum Gasteiger partial charge on any atom is -0.341 e. The van der Waals surface area contributed by atoms with Crippen LogP contribution in [0, 0.1) is 6.92 Å². The summed E-state index contributed by atoms with van der Waals surface area (Å²) in [4.78, 5) is 27.8. The summed E-state index contributed by atoms with van der Waals surface area (Å²) in [5.74, 6) is -0.129. The lowest BCUT2D eigenvalue weighted by molar-refractivity contribution is -0.134. The normalized spacial score (nSPS) is 20.5. The highest BCUT2D eigenvalue weighted by Gasteiger charge is 2.33. The smallest absolute Gasteiger partial charge is 0.255 e. The van der Waals surface area contributed by atoms with Gasteiger partial charge in [0.2, 0.25) is 15.9 Å². The Morgan fingerprint density at radius 1 is 0.895 bits per heavy atom. The Hall–Kier alpha value is -3.27. The molecule has 3 N–H and O–H groups in total. The fraction of sp³-hybridized carbons (Fsp3) is 0.379. The number of anilines is 1. The molecule has 0 spiro atoms. The Bertz CT molecular complexity index is 1460. The van der Waals surface area contributed by atoms with Gasteiger partial charge in [-0.1, -0.05) is 42.5 Å². The van der Waals surface area contributed by atoms with E-state index < -0.39 is 10.0 Å². The zero-order valence-electron chi connectivity index (χ0n) is 21.7. The van der Waals surface area contributed by atoms with Crippen molar-refractivity contribution in [1.29, 1.82) is 0 Å². The van der Waals surface area contributed by atoms with Gasteiger partial charge in [0.15, 0.2) is 0 Å². The number of carbonyl (C=O) groups is 2. The SMILES string of the molecule is Cc1ccccc1C(=O)Nc1ccc(S(=O)(=O)NC2CCN(C(=O)[C@@H]3CCC(C)N3)CC2)c2ccccc12. The fourth-order valence-electron chi connectivity index (χ4n) is 5.47. The van der Waals surface area contributed by atoms with E-state index in [1.165, 1.54) is 0 Å². The van der Waals surface area contributed by atoms with Crippen molar-refractivity contribution in [2.24, 2.45) is 0 Å². The minimum atomic E-state index is -3.83. The number of fused-ring (bicyclic) bond motifs is 1. The van der Waals surface area contributed by atoms with Gasteiger partial charge in [0.25, 0.3) is 5.91 Å². The Labute approximate surface area is 223 Å². The Morgan fingerprint density at radius 2 is 1.58 bits per heavy atom. The van der Waals surface area contributed by atoms with Gasteiger partial charge in [-0.3, -0.25) is 9.59 Å². The summed E-state index contributed by atoms with van der Waals surface area (Å²) >= 11 is 0. The summed E-state index contributed by atoms with van der Waals surface area (Å²) in [6.45, 7) is 5.02. The maximum absolute atomic E-state index is 13.5. The molecule has 5 rings (SSSR count). The van der Waals surface area contributed by atoms with E-state index >= 15 is 0 Å². The lowest BCUT2D eigenvalue weighted by atomic mass is 10.0. The topological polar surface area (TPSA) is 108 Å². The second kappa shape index (κ2) is 10.8. The van der Waals surface area contributed by atoms with Crippen molar-refractivity contribution in [2.75, 3.05) is 18.4 Å². The van der Waals surface area contributed by atoms with E-state index in [-0.39, 0.29) is 28.8 Å². The molecule has 2 saturated heterocycles. The van der Waals surface area contributed by atoms with Crippen LogP contribution < -0.4 is 15.4 Å². The van der Waals surface area contributed by atoms with Gasteiger partial charge in [-0.25, -0.2) is 13.1 Å². The van der Waals surface area contributed by atoms with E-state index in [2.05, 4.69) is 22.3 Å². The van der Waals surface area contributed by atoms with Crippen LogP contribution in [0.15, 0.2) is 65.6 Å². The van der Waals surface area contributed by atoms with Gasteiger partial charge in [-0.15, -0.1) is 0 Å². The second-order valence-electron chi connectivity index (χ2n) is 10.3. The van der Waals surface area contributed by atoms with Crippen LogP contribution in [-0.4, -0.2) is 56.3 Å². The molecule has 0 bridgehead atoms. The van der Waals surface area contributed by atoms with Crippen LogP contribution in [0.1, 0.15) is 48.5 Å². The van der Waals surface area contributed by atoms with Crippen molar-refractivity contribution in [3.8, 4) is 0 Å². The third-order valence-corrected chi connectivity index (χ3v) is 9.19. The highest BCUT2D eigenvalue weighted by Crippen LogP contribution is 2.30. The molecule has 0 aliphatic carbocycles. The number of aryl methyl sites for hydroxylation is 1. The van der Waals surface area contributed by atoms with Crippen molar-refractivity contribution >= 4 is 38.3 Å². The lowest BCUT2D eigenvalue weighted by Gasteiger charge is -2.34. The molecule has 0 saturated carbocycles. The first-order valence-electron chi connectivity index (χ1n) is 13.2. The molecule has 2 aliphatic rings. The average Bonchev–Trinajstić information content (AvgIpc) is 3.35. The van der Waals surface area contributed by atoms with Crippen molar-refractivity contribution in [1.82, 2.24) is 14.9 Å². The number of hydrogen-bond acceptors (Lipinski definition) is 5. The molecular weight excluding hydrogens is 500 g/mol. The molecule has 2 fully saturated rings. The lowest BCUT2D eigenvalue weighted by Crippen LogP contribution is -2.51. The van der Waals surface area contributed by atoms with E-state index in [0.717, 1.165) is 18.4 Å². The van der Waals surface area contributed by atoms with Crippen LogP contribution in [0.5, 0.6) is 0 Å². The number of hydrogen-bond donors (Lipinski definition) is 3. The monoisotopic (exact) mass is 534 g/mol. The summed E-state index contributed by atoms with van der Waals surface area (Å²) in [5.41, 5.74) is 1.98. The highest BCUT2D eigenvalue weighted by atomic mass is 32.2. The largest absolute Gasteiger partial charge is 0.341 e. The zero-order chi connectivity index (χ0) is 26.9. The van der Waals surface area contributed by atoms with Gasteiger partial charge in [-0.2, -0.15) is 0 Å². The number of carbonyl (C=O) groups excluding carboxylic acids is 2. The molecule has 3 aromatic rings. The molecule has 2 aliphatic heterocycles. The summed E-state index contributed by atoms with van der Waals surface area (Å²) in [6, 6.07) is 17.7. The van der Waals surface area contributed by atoms with E-state index in [4.69, 9.17) is 0 Å². The van der Waals surface area contributed by atoms with Crippen LogP contribution in [0.2, 0.25) is 0 Å². The molecule has 2 amide bonds. The van der Waals surface area contributed by atoms with E-state index in [1.807, 2.05) is 42.2 Å². The van der Waals surface area contributed by atoms with E-state index in [9.17, 15) is 18.0 Å². The molecule has 9 heteroatoms. The quantitative estimate of drug-likeness (QED) is 0.446. The number of benzene rings is 3. The van der Waals surface area contributed by atoms with Gasteiger partial charge in [0, 0.05) is 47.2 Å².